The van der Waals surface area contributed by atoms with E-state index in [-0.39, 0.29) is 30.5 Å². The highest BCUT2D eigenvalue weighted by Crippen LogP contribution is 2.32. The molecule has 10 heteroatoms. The van der Waals surface area contributed by atoms with Crippen LogP contribution in [0.25, 0.3) is 6.08 Å². The molecule has 3 rings (SSSR count). The molecule has 1 saturated heterocycles. The molecule has 0 unspecified atom stereocenters. The first-order valence-corrected chi connectivity index (χ1v) is 10.3. The van der Waals surface area contributed by atoms with E-state index in [0.29, 0.717) is 15.0 Å². The van der Waals surface area contributed by atoms with Crippen LogP contribution in [0.4, 0.5) is 0 Å². The summed E-state index contributed by atoms with van der Waals surface area (Å²) in [4.78, 5) is 26.1. The van der Waals surface area contributed by atoms with Gasteiger partial charge in [-0.05, 0) is 18.2 Å². The molecule has 25 heavy (non-hydrogen) atoms. The number of thiocarbonyl (C=S) groups is 1. The fraction of sp³-hybridized carbons (Fsp3) is 0.267. The van der Waals surface area contributed by atoms with Crippen LogP contribution < -0.4 is 5.32 Å². The standard InChI is InChI=1S/C15H14N2O5S3/c18-13(16-10-4-7-25(20,21)9-10)3-5-17-14(19)12(24-15(17)23)8-11-2-1-6-22-11/h1-2,4,6-8,10H,3,5,9H2,(H,16,18)/b12-8+/t10-/m1/s1. The van der Waals surface area contributed by atoms with Gasteiger partial charge in [-0.25, -0.2) is 8.42 Å². The number of sulfone groups is 1. The van der Waals surface area contributed by atoms with Gasteiger partial charge in [0.05, 0.1) is 23.0 Å². The van der Waals surface area contributed by atoms with Gasteiger partial charge in [-0.15, -0.1) is 0 Å². The minimum atomic E-state index is -3.22. The molecular weight excluding hydrogens is 384 g/mol. The Morgan fingerprint density at radius 1 is 1.52 bits per heavy atom. The first-order chi connectivity index (χ1) is 11.8. The number of hydrogen-bond acceptors (Lipinski definition) is 7. The summed E-state index contributed by atoms with van der Waals surface area (Å²) in [5, 5.41) is 3.71. The van der Waals surface area contributed by atoms with E-state index in [0.717, 1.165) is 17.2 Å². The zero-order valence-electron chi connectivity index (χ0n) is 12.9. The number of furan rings is 1. The summed E-state index contributed by atoms with van der Waals surface area (Å²) < 4.78 is 28.2. The van der Waals surface area contributed by atoms with Crippen molar-refractivity contribution in [1.29, 1.82) is 0 Å². The summed E-state index contributed by atoms with van der Waals surface area (Å²) in [5.74, 6) is -0.197. The second-order valence-electron chi connectivity index (χ2n) is 5.43. The first kappa shape index (κ1) is 17.9. The van der Waals surface area contributed by atoms with Crippen LogP contribution >= 0.6 is 24.0 Å². The van der Waals surface area contributed by atoms with Crippen LogP contribution in [-0.2, 0) is 19.4 Å². The van der Waals surface area contributed by atoms with Crippen molar-refractivity contribution in [3.8, 4) is 0 Å². The zero-order valence-corrected chi connectivity index (χ0v) is 15.3. The summed E-state index contributed by atoms with van der Waals surface area (Å²) in [5.41, 5.74) is 0. The summed E-state index contributed by atoms with van der Waals surface area (Å²) in [7, 11) is -3.22. The number of rotatable bonds is 5. The van der Waals surface area contributed by atoms with Crippen molar-refractivity contribution in [1.82, 2.24) is 10.2 Å². The third kappa shape index (κ3) is 4.39. The van der Waals surface area contributed by atoms with E-state index in [1.165, 1.54) is 17.2 Å². The SMILES string of the molecule is O=C(CCN1C(=O)/C(=C\c2ccco2)SC1=S)N[C@@H]1C=CS(=O)(=O)C1. The highest BCUT2D eigenvalue weighted by molar-refractivity contribution is 8.26. The highest BCUT2D eigenvalue weighted by atomic mass is 32.2. The van der Waals surface area contributed by atoms with Crippen LogP contribution in [0.1, 0.15) is 12.2 Å². The lowest BCUT2D eigenvalue weighted by molar-refractivity contribution is -0.124. The predicted octanol–water partition coefficient (Wildman–Crippen LogP) is 1.30. The van der Waals surface area contributed by atoms with E-state index in [2.05, 4.69) is 5.32 Å². The fourth-order valence-electron chi connectivity index (χ4n) is 2.35. The third-order valence-corrected chi connectivity index (χ3v) is 6.30. The molecule has 132 valence electrons. The Kier molecular flexibility index (Phi) is 5.11. The van der Waals surface area contributed by atoms with E-state index in [1.807, 2.05) is 0 Å². The number of hydrogen-bond donors (Lipinski definition) is 1. The lowest BCUT2D eigenvalue weighted by atomic mass is 10.3. The smallest absolute Gasteiger partial charge is 0.266 e. The molecule has 1 aromatic rings. The molecule has 0 bridgehead atoms. The molecule has 0 saturated carbocycles. The Morgan fingerprint density at radius 2 is 2.32 bits per heavy atom. The molecule has 1 atom stereocenters. The van der Waals surface area contributed by atoms with Crippen molar-refractivity contribution >= 4 is 56.0 Å². The van der Waals surface area contributed by atoms with Crippen LogP contribution in [0.2, 0.25) is 0 Å². The number of thioether (sulfide) groups is 1. The molecule has 0 radical (unpaired) electrons. The van der Waals surface area contributed by atoms with Crippen LogP contribution in [0.5, 0.6) is 0 Å². The van der Waals surface area contributed by atoms with Crippen LogP contribution in [0, 0.1) is 0 Å². The maximum absolute atomic E-state index is 12.4. The first-order valence-electron chi connectivity index (χ1n) is 7.33. The second kappa shape index (κ2) is 7.14. The van der Waals surface area contributed by atoms with E-state index in [4.69, 9.17) is 16.6 Å². The predicted molar refractivity (Wildman–Crippen MR) is 98.1 cm³/mol. The fourth-order valence-corrected chi connectivity index (χ4v) is 4.88. The lowest BCUT2D eigenvalue weighted by Gasteiger charge is -2.15. The van der Waals surface area contributed by atoms with E-state index < -0.39 is 15.9 Å². The van der Waals surface area contributed by atoms with Crippen molar-refractivity contribution < 1.29 is 22.4 Å². The van der Waals surface area contributed by atoms with Crippen LogP contribution in [0.15, 0.2) is 39.2 Å². The quantitative estimate of drug-likeness (QED) is 0.590. The Labute approximate surface area is 154 Å². The second-order valence-corrected chi connectivity index (χ2v) is 9.04. The summed E-state index contributed by atoms with van der Waals surface area (Å²) in [6.07, 6.45) is 4.59. The molecule has 2 aliphatic heterocycles. The largest absolute Gasteiger partial charge is 0.465 e. The molecule has 3 heterocycles. The van der Waals surface area contributed by atoms with Gasteiger partial charge in [-0.3, -0.25) is 14.5 Å². The molecule has 0 spiro atoms. The Morgan fingerprint density at radius 3 is 2.96 bits per heavy atom. The topological polar surface area (TPSA) is 96.7 Å². The minimum Gasteiger partial charge on any atom is -0.465 e. The van der Waals surface area contributed by atoms with E-state index in [9.17, 15) is 18.0 Å². The molecule has 0 aromatic carbocycles. The van der Waals surface area contributed by atoms with Gasteiger partial charge in [0, 0.05) is 24.4 Å². The van der Waals surface area contributed by atoms with Gasteiger partial charge in [0.15, 0.2) is 9.84 Å². The van der Waals surface area contributed by atoms with Crippen molar-refractivity contribution in [2.24, 2.45) is 0 Å². The molecular formula is C15H14N2O5S3. The van der Waals surface area contributed by atoms with Gasteiger partial charge in [-0.1, -0.05) is 24.0 Å². The summed E-state index contributed by atoms with van der Waals surface area (Å²) >= 11 is 6.34. The average molecular weight is 398 g/mol. The summed E-state index contributed by atoms with van der Waals surface area (Å²) in [6, 6.07) is 2.92. The lowest BCUT2D eigenvalue weighted by Crippen LogP contribution is -2.38. The Hall–Kier alpha value is -1.91. The van der Waals surface area contributed by atoms with Gasteiger partial charge in [0.1, 0.15) is 10.1 Å². The molecule has 2 aliphatic rings. The number of nitrogens with zero attached hydrogens (tertiary/aromatic N) is 1. The van der Waals surface area contributed by atoms with Gasteiger partial charge >= 0.3 is 0 Å². The van der Waals surface area contributed by atoms with Crippen LogP contribution in [0.3, 0.4) is 0 Å². The Bertz CT molecular complexity index is 871. The molecule has 7 nitrogen and oxygen atoms in total. The molecule has 1 aromatic heterocycles. The number of carbonyl (C=O) groups excluding carboxylic acids is 2. The molecule has 2 amide bonds. The number of nitrogens with one attached hydrogen (secondary N) is 1. The molecule has 1 N–H and O–H groups in total. The van der Waals surface area contributed by atoms with E-state index in [1.54, 1.807) is 18.2 Å². The zero-order chi connectivity index (χ0) is 18.0. The van der Waals surface area contributed by atoms with Crippen LogP contribution in [-0.4, -0.2) is 47.8 Å². The Balaban J connectivity index is 1.54. The minimum absolute atomic E-state index is 0.0326. The maximum Gasteiger partial charge on any atom is 0.266 e. The average Bonchev–Trinajstić information content (AvgIpc) is 3.21. The van der Waals surface area contributed by atoms with E-state index >= 15 is 0 Å². The number of carbonyl (C=O) groups is 2. The van der Waals surface area contributed by atoms with Gasteiger partial charge in [0.2, 0.25) is 5.91 Å². The van der Waals surface area contributed by atoms with Crippen molar-refractivity contribution in [2.75, 3.05) is 12.3 Å². The van der Waals surface area contributed by atoms with Gasteiger partial charge in [-0.2, -0.15) is 0 Å². The maximum atomic E-state index is 12.4. The molecule has 1 fully saturated rings. The van der Waals surface area contributed by atoms with Gasteiger partial charge in [0.25, 0.3) is 5.91 Å². The van der Waals surface area contributed by atoms with Crippen molar-refractivity contribution in [2.45, 2.75) is 12.5 Å². The third-order valence-electron chi connectivity index (χ3n) is 3.53. The molecule has 0 aliphatic carbocycles. The van der Waals surface area contributed by atoms with Gasteiger partial charge < -0.3 is 9.73 Å². The monoisotopic (exact) mass is 398 g/mol. The normalized spacial score (nSPS) is 23.6. The summed E-state index contributed by atoms with van der Waals surface area (Å²) in [6.45, 7) is 0.134. The highest BCUT2D eigenvalue weighted by Gasteiger charge is 2.32. The van der Waals surface area contributed by atoms with Crippen molar-refractivity contribution in [3.05, 3.63) is 40.5 Å². The van der Waals surface area contributed by atoms with Crippen molar-refractivity contribution in [3.63, 3.8) is 0 Å². The number of amides is 2.